The van der Waals surface area contributed by atoms with E-state index in [1.54, 1.807) is 0 Å². The molecule has 0 saturated carbocycles. The Balaban J connectivity index is 1.56. The van der Waals surface area contributed by atoms with Gasteiger partial charge in [-0.25, -0.2) is 0 Å². The van der Waals surface area contributed by atoms with Gasteiger partial charge in [-0.05, 0) is 37.3 Å². The van der Waals surface area contributed by atoms with Crippen molar-refractivity contribution in [2.24, 2.45) is 5.41 Å². The number of hydrogen-bond acceptors (Lipinski definition) is 4. The third-order valence-corrected chi connectivity index (χ3v) is 4.74. The number of hydrogen-bond donors (Lipinski definition) is 2. The Morgan fingerprint density at radius 3 is 2.86 bits per heavy atom. The fraction of sp³-hybridized carbons (Fsp3) is 0.588. The number of carbonyl (C=O) groups excluding carboxylic acids is 1. The zero-order chi connectivity index (χ0) is 15.4. The maximum Gasteiger partial charge on any atom is 0.261 e. The summed E-state index contributed by atoms with van der Waals surface area (Å²) < 4.78 is 11.1. The first-order valence-electron chi connectivity index (χ1n) is 7.93. The average Bonchev–Trinajstić information content (AvgIpc) is 2.60. The number of carbonyl (C=O) groups is 1. The number of aliphatic hydroxyl groups excluding tert-OH is 1. The van der Waals surface area contributed by atoms with Gasteiger partial charge in [0, 0.05) is 25.2 Å². The van der Waals surface area contributed by atoms with Gasteiger partial charge in [0.05, 0.1) is 6.61 Å². The Bertz CT molecular complexity index is 525. The highest BCUT2D eigenvalue weighted by molar-refractivity contribution is 5.81. The van der Waals surface area contributed by atoms with Gasteiger partial charge in [0.2, 0.25) is 0 Å². The summed E-state index contributed by atoms with van der Waals surface area (Å²) >= 11 is 0. The molecule has 0 spiro atoms. The molecule has 1 unspecified atom stereocenters. The SMILES string of the molecule is O=C(NCC1(CO)CCOCC1)C1CCc2ccccc2O1. The van der Waals surface area contributed by atoms with E-state index < -0.39 is 6.10 Å². The molecule has 2 aliphatic heterocycles. The molecule has 1 saturated heterocycles. The third kappa shape index (κ3) is 3.25. The maximum atomic E-state index is 12.4. The molecular weight excluding hydrogens is 282 g/mol. The minimum Gasteiger partial charge on any atom is -0.480 e. The van der Waals surface area contributed by atoms with Crippen LogP contribution >= 0.6 is 0 Å². The molecule has 5 nitrogen and oxygen atoms in total. The number of amides is 1. The maximum absolute atomic E-state index is 12.4. The number of aryl methyl sites for hydroxylation is 1. The molecule has 0 radical (unpaired) electrons. The number of benzene rings is 1. The monoisotopic (exact) mass is 305 g/mol. The Hall–Kier alpha value is -1.59. The molecule has 1 aromatic carbocycles. The van der Waals surface area contributed by atoms with Crippen LogP contribution in [0.4, 0.5) is 0 Å². The van der Waals surface area contributed by atoms with E-state index in [4.69, 9.17) is 9.47 Å². The minimum absolute atomic E-state index is 0.0744. The lowest BCUT2D eigenvalue weighted by Crippen LogP contribution is -2.48. The highest BCUT2D eigenvalue weighted by atomic mass is 16.5. The van der Waals surface area contributed by atoms with E-state index in [0.717, 1.165) is 30.6 Å². The van der Waals surface area contributed by atoms with Crippen molar-refractivity contribution < 1.29 is 19.4 Å². The van der Waals surface area contributed by atoms with Crippen molar-refractivity contribution in [3.63, 3.8) is 0 Å². The van der Waals surface area contributed by atoms with Crippen LogP contribution in [0.15, 0.2) is 24.3 Å². The number of aliphatic hydroxyl groups is 1. The first-order valence-corrected chi connectivity index (χ1v) is 7.93. The molecular formula is C17H23NO4. The van der Waals surface area contributed by atoms with Gasteiger partial charge in [0.1, 0.15) is 5.75 Å². The van der Waals surface area contributed by atoms with Crippen molar-refractivity contribution in [2.75, 3.05) is 26.4 Å². The molecule has 0 bridgehead atoms. The lowest BCUT2D eigenvalue weighted by Gasteiger charge is -2.36. The summed E-state index contributed by atoms with van der Waals surface area (Å²) in [6.07, 6.45) is 2.66. The van der Waals surface area contributed by atoms with Crippen molar-refractivity contribution in [1.82, 2.24) is 5.32 Å². The van der Waals surface area contributed by atoms with Gasteiger partial charge in [0.25, 0.3) is 5.91 Å². The van der Waals surface area contributed by atoms with Crippen molar-refractivity contribution in [3.8, 4) is 5.75 Å². The van der Waals surface area contributed by atoms with E-state index in [-0.39, 0.29) is 17.9 Å². The number of rotatable bonds is 4. The topological polar surface area (TPSA) is 67.8 Å². The van der Waals surface area contributed by atoms with Crippen LogP contribution in [0.25, 0.3) is 0 Å². The summed E-state index contributed by atoms with van der Waals surface area (Å²) in [5.74, 6) is 0.714. The molecule has 0 aromatic heterocycles. The second-order valence-corrected chi connectivity index (χ2v) is 6.24. The number of nitrogens with one attached hydrogen (secondary N) is 1. The summed E-state index contributed by atoms with van der Waals surface area (Å²) in [4.78, 5) is 12.4. The molecule has 1 fully saturated rings. The van der Waals surface area contributed by atoms with Crippen LogP contribution in [-0.4, -0.2) is 43.5 Å². The van der Waals surface area contributed by atoms with Crippen LogP contribution in [0.5, 0.6) is 5.75 Å². The van der Waals surface area contributed by atoms with Crippen LogP contribution in [0.2, 0.25) is 0 Å². The molecule has 22 heavy (non-hydrogen) atoms. The van der Waals surface area contributed by atoms with Crippen LogP contribution in [0, 0.1) is 5.41 Å². The Labute approximate surface area is 130 Å². The molecule has 1 aromatic rings. The summed E-state index contributed by atoms with van der Waals surface area (Å²) in [6.45, 7) is 1.84. The lowest BCUT2D eigenvalue weighted by molar-refractivity contribution is -0.130. The van der Waals surface area contributed by atoms with E-state index in [1.807, 2.05) is 24.3 Å². The third-order valence-electron chi connectivity index (χ3n) is 4.74. The lowest BCUT2D eigenvalue weighted by atomic mass is 9.81. The smallest absolute Gasteiger partial charge is 0.261 e. The Morgan fingerprint density at radius 2 is 2.09 bits per heavy atom. The summed E-state index contributed by atoms with van der Waals surface area (Å²) in [7, 11) is 0. The van der Waals surface area contributed by atoms with Crippen LogP contribution in [0.3, 0.4) is 0 Å². The largest absolute Gasteiger partial charge is 0.480 e. The standard InChI is InChI=1S/C17H23NO4/c19-12-17(7-9-21-10-8-17)11-18-16(20)15-6-5-13-3-1-2-4-14(13)22-15/h1-4,15,19H,5-12H2,(H,18,20). The first kappa shape index (κ1) is 15.3. The van der Waals surface area contributed by atoms with Crippen molar-refractivity contribution in [1.29, 1.82) is 0 Å². The van der Waals surface area contributed by atoms with Gasteiger partial charge in [0.15, 0.2) is 6.10 Å². The highest BCUT2D eigenvalue weighted by Gasteiger charge is 2.34. The molecule has 0 aliphatic carbocycles. The molecule has 2 heterocycles. The molecule has 5 heteroatoms. The average molecular weight is 305 g/mol. The van der Waals surface area contributed by atoms with E-state index in [0.29, 0.717) is 26.2 Å². The minimum atomic E-state index is -0.439. The van der Waals surface area contributed by atoms with E-state index in [9.17, 15) is 9.90 Å². The van der Waals surface area contributed by atoms with E-state index >= 15 is 0 Å². The van der Waals surface area contributed by atoms with Crippen LogP contribution in [0.1, 0.15) is 24.8 Å². The zero-order valence-electron chi connectivity index (χ0n) is 12.7. The number of ether oxygens (including phenoxy) is 2. The predicted molar refractivity (Wildman–Crippen MR) is 81.8 cm³/mol. The van der Waals surface area contributed by atoms with Gasteiger partial charge >= 0.3 is 0 Å². The second kappa shape index (κ2) is 6.67. The number of para-hydroxylation sites is 1. The molecule has 1 amide bonds. The first-order chi connectivity index (χ1) is 10.7. The second-order valence-electron chi connectivity index (χ2n) is 6.24. The zero-order valence-corrected chi connectivity index (χ0v) is 12.7. The summed E-state index contributed by atoms with van der Waals surface area (Å²) in [5.41, 5.74) is 0.906. The van der Waals surface area contributed by atoms with Crippen molar-refractivity contribution in [2.45, 2.75) is 31.8 Å². The van der Waals surface area contributed by atoms with Gasteiger partial charge in [-0.1, -0.05) is 18.2 Å². The van der Waals surface area contributed by atoms with Crippen molar-refractivity contribution >= 4 is 5.91 Å². The van der Waals surface area contributed by atoms with E-state index in [1.165, 1.54) is 0 Å². The van der Waals surface area contributed by atoms with E-state index in [2.05, 4.69) is 5.32 Å². The molecule has 120 valence electrons. The summed E-state index contributed by atoms with van der Waals surface area (Å²) in [6, 6.07) is 7.84. The summed E-state index contributed by atoms with van der Waals surface area (Å²) in [5, 5.41) is 12.6. The van der Waals surface area contributed by atoms with Gasteiger partial charge < -0.3 is 19.9 Å². The Morgan fingerprint density at radius 1 is 1.32 bits per heavy atom. The number of fused-ring (bicyclic) bond motifs is 1. The fourth-order valence-electron chi connectivity index (χ4n) is 3.09. The fourth-order valence-corrected chi connectivity index (χ4v) is 3.09. The quantitative estimate of drug-likeness (QED) is 0.879. The van der Waals surface area contributed by atoms with Crippen LogP contribution < -0.4 is 10.1 Å². The molecule has 3 rings (SSSR count). The van der Waals surface area contributed by atoms with Crippen molar-refractivity contribution in [3.05, 3.63) is 29.8 Å². The highest BCUT2D eigenvalue weighted by Crippen LogP contribution is 2.30. The normalized spacial score (nSPS) is 23.2. The molecule has 1 atom stereocenters. The predicted octanol–water partition coefficient (Wildman–Crippen LogP) is 1.29. The molecule has 2 aliphatic rings. The Kier molecular flexibility index (Phi) is 4.64. The molecule has 2 N–H and O–H groups in total. The van der Waals surface area contributed by atoms with Gasteiger partial charge in [-0.15, -0.1) is 0 Å². The van der Waals surface area contributed by atoms with Gasteiger partial charge in [-0.3, -0.25) is 4.79 Å². The van der Waals surface area contributed by atoms with Gasteiger partial charge in [-0.2, -0.15) is 0 Å². The van der Waals surface area contributed by atoms with Crippen LogP contribution in [-0.2, 0) is 16.0 Å².